The molecule has 2 aromatic carbocycles. The molecule has 2 heterocycles. The molecule has 0 bridgehead atoms. The number of fused-ring (bicyclic) bond motifs is 1. The highest BCUT2D eigenvalue weighted by molar-refractivity contribution is 6.38. The van der Waals surface area contributed by atoms with E-state index in [1.165, 1.54) is 0 Å². The second-order valence-electron chi connectivity index (χ2n) is 7.35. The number of Topliss-reactive ketones (excluding diaryl/α,β-unsaturated/α-hetero) is 1. The fourth-order valence-electron chi connectivity index (χ4n) is 3.26. The largest absolute Gasteiger partial charge is 0.432 e. The summed E-state index contributed by atoms with van der Waals surface area (Å²) in [4.78, 5) is 17.2. The van der Waals surface area contributed by atoms with Gasteiger partial charge in [-0.3, -0.25) is 4.79 Å². The maximum atomic E-state index is 12.5. The van der Waals surface area contributed by atoms with E-state index in [-0.39, 0.29) is 28.9 Å². The molecule has 0 saturated heterocycles. The second-order valence-corrected chi connectivity index (χ2v) is 8.19. The lowest BCUT2D eigenvalue weighted by atomic mass is 9.92. The topological polar surface area (TPSA) is 69.1 Å². The number of nitrogens with zero attached hydrogens (tertiary/aromatic N) is 1. The second kappa shape index (κ2) is 7.82. The van der Waals surface area contributed by atoms with Crippen LogP contribution in [-0.4, -0.2) is 18.6 Å². The van der Waals surface area contributed by atoms with Crippen molar-refractivity contribution in [2.45, 2.75) is 13.8 Å². The first-order valence-corrected chi connectivity index (χ1v) is 10.1. The van der Waals surface area contributed by atoms with E-state index in [1.807, 2.05) is 18.2 Å². The van der Waals surface area contributed by atoms with E-state index < -0.39 is 0 Å². The fraction of sp³-hybridized carbons (Fsp3) is 0.130. The Morgan fingerprint density at radius 1 is 1.07 bits per heavy atom. The van der Waals surface area contributed by atoms with Crippen LogP contribution in [0.3, 0.4) is 0 Å². The number of rotatable bonds is 4. The number of pyridine rings is 1. The summed E-state index contributed by atoms with van der Waals surface area (Å²) in [5.74, 6) is -0.310. The van der Waals surface area contributed by atoms with E-state index in [4.69, 9.17) is 46.2 Å². The smallest absolute Gasteiger partial charge is 0.229 e. The van der Waals surface area contributed by atoms with Crippen molar-refractivity contribution < 1.29 is 9.21 Å². The van der Waals surface area contributed by atoms with Gasteiger partial charge in [0.25, 0.3) is 0 Å². The summed E-state index contributed by atoms with van der Waals surface area (Å²) in [6, 6.07) is 14.4. The molecule has 4 rings (SSSR count). The molecule has 148 valence electrons. The molecule has 0 aliphatic carbocycles. The lowest BCUT2D eigenvalue weighted by molar-refractivity contribution is 0.0914. The molecule has 0 aliphatic rings. The zero-order valence-corrected chi connectivity index (χ0v) is 17.9. The molecular formula is C23H17BCl2N2O2. The molecule has 7 heteroatoms. The number of aromatic nitrogens is 1. The lowest BCUT2D eigenvalue weighted by Crippen LogP contribution is -2.08. The van der Waals surface area contributed by atoms with Gasteiger partial charge in [0.2, 0.25) is 11.5 Å². The summed E-state index contributed by atoms with van der Waals surface area (Å²) in [6.45, 7) is 3.59. The van der Waals surface area contributed by atoms with Gasteiger partial charge in [-0.05, 0) is 29.8 Å². The van der Waals surface area contributed by atoms with Crippen LogP contribution in [0.4, 0.5) is 5.69 Å². The number of hydrogen-bond acceptors (Lipinski definition) is 4. The van der Waals surface area contributed by atoms with Crippen molar-refractivity contribution in [3.8, 4) is 22.4 Å². The molecule has 0 amide bonds. The van der Waals surface area contributed by atoms with Crippen molar-refractivity contribution in [2.75, 3.05) is 5.73 Å². The molecule has 4 nitrogen and oxygen atoms in total. The third kappa shape index (κ3) is 3.60. The van der Waals surface area contributed by atoms with E-state index in [0.717, 1.165) is 11.1 Å². The van der Waals surface area contributed by atoms with Crippen molar-refractivity contribution in [2.24, 2.45) is 5.92 Å². The number of carbonyl (C=O) groups is 1. The molecule has 2 N–H and O–H groups in total. The summed E-state index contributed by atoms with van der Waals surface area (Å²) in [5.41, 5.74) is 10.3. The molecular weight excluding hydrogens is 418 g/mol. The van der Waals surface area contributed by atoms with Crippen LogP contribution in [0.25, 0.3) is 33.5 Å². The van der Waals surface area contributed by atoms with Crippen LogP contribution >= 0.6 is 23.2 Å². The molecule has 0 spiro atoms. The summed E-state index contributed by atoms with van der Waals surface area (Å²) in [5, 5.41) is 1.64. The SMILES string of the molecule is [B]c1ccc(-c2nc3oc(C(=O)C(C)C)c(N)c3cc2-c2ccc(Cl)cc2)c(Cl)c1. The van der Waals surface area contributed by atoms with Crippen LogP contribution in [0.15, 0.2) is 52.9 Å². The minimum atomic E-state index is -0.255. The van der Waals surface area contributed by atoms with Crippen LogP contribution in [0.5, 0.6) is 0 Å². The molecule has 2 aromatic heterocycles. The van der Waals surface area contributed by atoms with Gasteiger partial charge < -0.3 is 10.2 Å². The van der Waals surface area contributed by atoms with Gasteiger partial charge in [0.1, 0.15) is 7.85 Å². The average molecular weight is 435 g/mol. The Balaban J connectivity index is 2.03. The number of nitrogens with two attached hydrogens (primary N) is 1. The van der Waals surface area contributed by atoms with Crippen LogP contribution in [0.2, 0.25) is 10.0 Å². The van der Waals surface area contributed by atoms with Gasteiger partial charge in [0.15, 0.2) is 5.76 Å². The first kappa shape index (κ1) is 20.5. The summed E-state index contributed by atoms with van der Waals surface area (Å²) in [6.07, 6.45) is 0. The summed E-state index contributed by atoms with van der Waals surface area (Å²) in [7, 11) is 5.85. The predicted octanol–water partition coefficient (Wildman–Crippen LogP) is 5.68. The third-order valence-electron chi connectivity index (χ3n) is 4.87. The van der Waals surface area contributed by atoms with Crippen LogP contribution in [0.1, 0.15) is 24.4 Å². The van der Waals surface area contributed by atoms with Gasteiger partial charge in [-0.15, -0.1) is 0 Å². The summed E-state index contributed by atoms with van der Waals surface area (Å²) < 4.78 is 5.78. The maximum Gasteiger partial charge on any atom is 0.229 e. The molecule has 4 aromatic rings. The lowest BCUT2D eigenvalue weighted by Gasteiger charge is -2.12. The van der Waals surface area contributed by atoms with E-state index >= 15 is 0 Å². The fourth-order valence-corrected chi connectivity index (χ4v) is 3.67. The predicted molar refractivity (Wildman–Crippen MR) is 124 cm³/mol. The van der Waals surface area contributed by atoms with Crippen LogP contribution in [0, 0.1) is 5.92 Å². The number of furan rings is 1. The van der Waals surface area contributed by atoms with Crippen molar-refractivity contribution >= 4 is 59.1 Å². The maximum absolute atomic E-state index is 12.5. The van der Waals surface area contributed by atoms with E-state index in [2.05, 4.69) is 0 Å². The highest BCUT2D eigenvalue weighted by Gasteiger charge is 2.24. The van der Waals surface area contributed by atoms with Gasteiger partial charge in [-0.25, -0.2) is 4.98 Å². The van der Waals surface area contributed by atoms with Gasteiger partial charge in [-0.1, -0.05) is 66.8 Å². The Kier molecular flexibility index (Phi) is 5.35. The van der Waals surface area contributed by atoms with Crippen molar-refractivity contribution in [3.05, 3.63) is 64.3 Å². The number of hydrogen-bond donors (Lipinski definition) is 1. The van der Waals surface area contributed by atoms with Crippen molar-refractivity contribution in [1.29, 1.82) is 0 Å². The number of anilines is 1. The molecule has 0 unspecified atom stereocenters. The molecule has 0 saturated carbocycles. The monoisotopic (exact) mass is 434 g/mol. The zero-order valence-electron chi connectivity index (χ0n) is 16.4. The Labute approximate surface area is 185 Å². The van der Waals surface area contributed by atoms with Crippen LogP contribution in [-0.2, 0) is 0 Å². The highest BCUT2D eigenvalue weighted by Crippen LogP contribution is 2.39. The van der Waals surface area contributed by atoms with Crippen LogP contribution < -0.4 is 11.2 Å². The number of ketones is 1. The number of nitrogen functional groups attached to an aromatic ring is 1. The number of halogens is 2. The van der Waals surface area contributed by atoms with Crippen molar-refractivity contribution in [3.63, 3.8) is 0 Å². The van der Waals surface area contributed by atoms with E-state index in [1.54, 1.807) is 44.2 Å². The normalized spacial score (nSPS) is 11.4. The van der Waals surface area contributed by atoms with E-state index in [9.17, 15) is 4.79 Å². The first-order valence-electron chi connectivity index (χ1n) is 9.35. The van der Waals surface area contributed by atoms with Gasteiger partial charge in [0, 0.05) is 27.1 Å². The standard InChI is InChI=1S/C23H17BCl2N2O2/c1-11(2)21(29)22-19(27)17-10-16(12-3-6-14(25)7-4-12)20(28-23(17)30-22)15-8-5-13(24)9-18(15)26/h3-11H,27H2,1-2H3. The molecule has 0 aliphatic heterocycles. The first-order chi connectivity index (χ1) is 14.3. The third-order valence-corrected chi connectivity index (χ3v) is 5.44. The molecule has 0 atom stereocenters. The Morgan fingerprint density at radius 2 is 1.77 bits per heavy atom. The number of carbonyl (C=O) groups excluding carboxylic acids is 1. The number of benzene rings is 2. The molecule has 0 fully saturated rings. The van der Waals surface area contributed by atoms with Gasteiger partial charge in [-0.2, -0.15) is 0 Å². The summed E-state index contributed by atoms with van der Waals surface area (Å²) >= 11 is 12.5. The minimum absolute atomic E-state index is 0.120. The average Bonchev–Trinajstić information content (AvgIpc) is 3.03. The Hall–Kier alpha value is -2.76. The highest BCUT2D eigenvalue weighted by atomic mass is 35.5. The molecule has 30 heavy (non-hydrogen) atoms. The van der Waals surface area contributed by atoms with Crippen molar-refractivity contribution in [1.82, 2.24) is 4.98 Å². The van der Waals surface area contributed by atoms with E-state index in [0.29, 0.717) is 32.2 Å². The quantitative estimate of drug-likeness (QED) is 0.331. The molecule has 2 radical (unpaired) electrons. The minimum Gasteiger partial charge on any atom is -0.432 e. The Morgan fingerprint density at radius 3 is 2.40 bits per heavy atom. The Bertz CT molecular complexity index is 1280. The zero-order chi connectivity index (χ0) is 21.6. The van der Waals surface area contributed by atoms with Gasteiger partial charge in [0.05, 0.1) is 16.8 Å². The van der Waals surface area contributed by atoms with Gasteiger partial charge >= 0.3 is 0 Å².